The molecule has 0 bridgehead atoms. The summed E-state index contributed by atoms with van der Waals surface area (Å²) < 4.78 is 6.36. The second-order valence-electron chi connectivity index (χ2n) is 10.4. The Balaban J connectivity index is 0.000000161. The van der Waals surface area contributed by atoms with Crippen LogP contribution in [0.5, 0.6) is 0 Å². The zero-order valence-electron chi connectivity index (χ0n) is 21.5. The topological polar surface area (TPSA) is 55.9 Å². The van der Waals surface area contributed by atoms with Gasteiger partial charge in [0.15, 0.2) is 0 Å². The maximum atomic E-state index is 11.4. The predicted octanol–water partition coefficient (Wildman–Crippen LogP) is 10.4. The summed E-state index contributed by atoms with van der Waals surface area (Å²) in [6.45, 7) is 14.3. The van der Waals surface area contributed by atoms with Gasteiger partial charge in [-0.15, -0.1) is 0 Å². The summed E-state index contributed by atoms with van der Waals surface area (Å²) in [5, 5.41) is 12.6. The lowest BCUT2D eigenvalue weighted by molar-refractivity contribution is -0.120. The molecule has 40 heavy (non-hydrogen) atoms. The van der Waals surface area contributed by atoms with Gasteiger partial charge in [0.1, 0.15) is 5.78 Å². The van der Waals surface area contributed by atoms with E-state index >= 15 is 0 Å². The van der Waals surface area contributed by atoms with E-state index in [9.17, 15) is 9.90 Å². The fourth-order valence-electron chi connectivity index (χ4n) is 5.75. The van der Waals surface area contributed by atoms with Crippen LogP contribution in [0.2, 0.25) is 10.0 Å². The van der Waals surface area contributed by atoms with E-state index < -0.39 is 0 Å². The number of aromatic nitrogens is 2. The molecule has 4 aromatic rings. The van der Waals surface area contributed by atoms with Crippen LogP contribution >= 0.6 is 55.1 Å². The van der Waals surface area contributed by atoms with Gasteiger partial charge in [-0.05, 0) is 94.7 Å². The van der Waals surface area contributed by atoms with Crippen LogP contribution in [-0.4, -0.2) is 26.1 Å². The number of halogens is 4. The summed E-state index contributed by atoms with van der Waals surface area (Å²) in [6, 6.07) is 8.10. The average molecular weight is 705 g/mol. The van der Waals surface area contributed by atoms with Crippen molar-refractivity contribution >= 4 is 94.0 Å². The molecule has 0 radical (unpaired) electrons. The van der Waals surface area contributed by atoms with Crippen LogP contribution in [0.4, 0.5) is 11.4 Å². The lowest BCUT2D eigenvalue weighted by atomic mass is 9.93. The van der Waals surface area contributed by atoms with Crippen LogP contribution < -0.4 is 0 Å². The Kier molecular flexibility index (Phi) is 8.95. The summed E-state index contributed by atoms with van der Waals surface area (Å²) in [6.07, 6.45) is 10.6. The third-order valence-corrected chi connectivity index (χ3v) is 9.78. The van der Waals surface area contributed by atoms with Crippen molar-refractivity contribution in [2.45, 2.75) is 69.6 Å². The van der Waals surface area contributed by atoms with E-state index in [0.717, 1.165) is 69.3 Å². The van der Waals surface area contributed by atoms with Crippen molar-refractivity contribution in [3.8, 4) is 0 Å². The quantitative estimate of drug-likeness (QED) is 0.211. The van der Waals surface area contributed by atoms with Gasteiger partial charge < -0.3 is 14.2 Å². The Morgan fingerprint density at radius 1 is 0.750 bits per heavy atom. The Hall–Kier alpha value is -2.33. The van der Waals surface area contributed by atoms with Crippen molar-refractivity contribution in [1.29, 1.82) is 0 Å². The van der Waals surface area contributed by atoms with Gasteiger partial charge in [-0.2, -0.15) is 0 Å². The van der Waals surface area contributed by atoms with Crippen LogP contribution in [0.1, 0.15) is 63.5 Å². The van der Waals surface area contributed by atoms with Crippen LogP contribution in [0, 0.1) is 13.1 Å². The molecule has 6 nitrogen and oxygen atoms in total. The zero-order valence-corrected chi connectivity index (χ0v) is 26.2. The number of hydrogen-bond donors (Lipinski definition) is 1. The second kappa shape index (κ2) is 12.3. The van der Waals surface area contributed by atoms with Crippen LogP contribution in [0.3, 0.4) is 0 Å². The zero-order chi connectivity index (χ0) is 28.6. The molecule has 0 amide bonds. The van der Waals surface area contributed by atoms with Gasteiger partial charge in [-0.25, -0.2) is 9.69 Å². The number of benzene rings is 2. The fourth-order valence-corrected chi connectivity index (χ4v) is 7.23. The molecule has 2 fully saturated rings. The first kappa shape index (κ1) is 29.2. The summed E-state index contributed by atoms with van der Waals surface area (Å²) in [5.41, 5.74) is 3.03. The largest absolute Gasteiger partial charge is 0.393 e. The summed E-state index contributed by atoms with van der Waals surface area (Å²) in [4.78, 5) is 18.3. The van der Waals surface area contributed by atoms with E-state index in [1.165, 1.54) is 0 Å². The molecule has 0 unspecified atom stereocenters. The molecule has 6 rings (SSSR count). The summed E-state index contributed by atoms with van der Waals surface area (Å²) in [5.74, 6) is 0.352. The van der Waals surface area contributed by atoms with Crippen molar-refractivity contribution in [3.63, 3.8) is 0 Å². The number of ketones is 1. The van der Waals surface area contributed by atoms with Gasteiger partial charge in [0, 0.05) is 78.1 Å². The van der Waals surface area contributed by atoms with Crippen LogP contribution in [0.15, 0.2) is 45.6 Å². The Morgan fingerprint density at radius 3 is 1.60 bits per heavy atom. The van der Waals surface area contributed by atoms with E-state index in [2.05, 4.69) is 56.9 Å². The SMILES string of the molecule is [C-]#[N+]c1cc2c(Br)cn(C3CCC(=O)CC3)c2cc1Cl.[C-]#[N+]c1cc2c(Br)cn(C3CCC(O)CC3)c2cc1Cl. The molecule has 0 aliphatic heterocycles. The number of nitrogens with zero attached hydrogens (tertiary/aromatic N) is 4. The van der Waals surface area contributed by atoms with E-state index in [1.54, 1.807) is 0 Å². The van der Waals surface area contributed by atoms with E-state index in [4.69, 9.17) is 36.3 Å². The smallest absolute Gasteiger partial charge is 0.206 e. The van der Waals surface area contributed by atoms with Crippen molar-refractivity contribution in [1.82, 2.24) is 9.13 Å². The molecule has 0 atom stereocenters. The molecular weight excluding hydrogens is 679 g/mol. The Morgan fingerprint density at radius 2 is 1.18 bits per heavy atom. The molecular formula is C30H26Br2Cl2N4O2. The molecule has 2 aliphatic rings. The Labute approximate surface area is 259 Å². The molecule has 2 saturated carbocycles. The molecule has 2 aromatic carbocycles. The number of rotatable bonds is 2. The normalized spacial score (nSPS) is 19.7. The average Bonchev–Trinajstić information content (AvgIpc) is 3.44. The highest BCUT2D eigenvalue weighted by Crippen LogP contribution is 2.40. The van der Waals surface area contributed by atoms with E-state index in [-0.39, 0.29) is 6.10 Å². The maximum absolute atomic E-state index is 11.4. The van der Waals surface area contributed by atoms with Crippen LogP contribution in [-0.2, 0) is 4.79 Å². The number of carbonyl (C=O) groups is 1. The minimum absolute atomic E-state index is 0.158. The highest BCUT2D eigenvalue weighted by Gasteiger charge is 2.24. The monoisotopic (exact) mass is 702 g/mol. The number of aliphatic hydroxyl groups excluding tert-OH is 1. The molecule has 1 N–H and O–H groups in total. The molecule has 206 valence electrons. The standard InChI is InChI=1S/C15H14BrClN2O.C15H12BrClN2O/c2*1-18-14-6-11-12(16)8-19(15(11)7-13(14)17)9-2-4-10(20)5-3-9/h6-10,20H,2-5H2;6-9H,2-5H2. The first-order valence-electron chi connectivity index (χ1n) is 13.1. The van der Waals surface area contributed by atoms with E-state index in [0.29, 0.717) is 52.1 Å². The lowest BCUT2D eigenvalue weighted by Crippen LogP contribution is -2.20. The lowest BCUT2D eigenvalue weighted by Gasteiger charge is -2.27. The molecule has 10 heteroatoms. The fraction of sp³-hybridized carbons (Fsp3) is 0.367. The van der Waals surface area contributed by atoms with Gasteiger partial charge in [-0.1, -0.05) is 23.2 Å². The van der Waals surface area contributed by atoms with Crippen molar-refractivity contribution in [3.05, 3.63) is 78.5 Å². The summed E-state index contributed by atoms with van der Waals surface area (Å²) in [7, 11) is 0. The number of Topliss-reactive ketones (excluding diaryl/α,β-unsaturated/α-hetero) is 1. The molecule has 0 saturated heterocycles. The first-order chi connectivity index (χ1) is 19.2. The van der Waals surface area contributed by atoms with Crippen molar-refractivity contribution in [2.24, 2.45) is 0 Å². The first-order valence-corrected chi connectivity index (χ1v) is 15.5. The van der Waals surface area contributed by atoms with Gasteiger partial charge in [0.25, 0.3) is 0 Å². The molecule has 0 spiro atoms. The van der Waals surface area contributed by atoms with Crippen molar-refractivity contribution < 1.29 is 9.90 Å². The third kappa shape index (κ3) is 5.84. The number of fused-ring (bicyclic) bond motifs is 2. The minimum atomic E-state index is -0.158. The Bertz CT molecular complexity index is 1680. The molecule has 2 heterocycles. The van der Waals surface area contributed by atoms with Gasteiger partial charge in [-0.3, -0.25) is 4.79 Å². The van der Waals surface area contributed by atoms with Gasteiger partial charge in [0.05, 0.1) is 19.2 Å². The van der Waals surface area contributed by atoms with Gasteiger partial charge >= 0.3 is 0 Å². The van der Waals surface area contributed by atoms with Crippen LogP contribution in [0.25, 0.3) is 31.5 Å². The summed E-state index contributed by atoms with van der Waals surface area (Å²) >= 11 is 19.4. The minimum Gasteiger partial charge on any atom is -0.393 e. The number of hydrogen-bond acceptors (Lipinski definition) is 2. The molecule has 2 aromatic heterocycles. The highest BCUT2D eigenvalue weighted by molar-refractivity contribution is 9.11. The third-order valence-electron chi connectivity index (χ3n) is 7.91. The maximum Gasteiger partial charge on any atom is 0.206 e. The number of carbonyl (C=O) groups excluding carboxylic acids is 1. The predicted molar refractivity (Wildman–Crippen MR) is 168 cm³/mol. The number of aliphatic hydroxyl groups is 1. The highest BCUT2D eigenvalue weighted by atomic mass is 79.9. The molecule has 2 aliphatic carbocycles. The van der Waals surface area contributed by atoms with Gasteiger partial charge in [0.2, 0.25) is 11.4 Å². The van der Waals surface area contributed by atoms with E-state index in [1.807, 2.05) is 30.5 Å². The van der Waals surface area contributed by atoms with Crippen molar-refractivity contribution in [2.75, 3.05) is 0 Å². The second-order valence-corrected chi connectivity index (χ2v) is 12.9.